The Balaban J connectivity index is 1.35. The van der Waals surface area contributed by atoms with Crippen LogP contribution in [-0.2, 0) is 6.42 Å². The van der Waals surface area contributed by atoms with Crippen molar-refractivity contribution in [3.63, 3.8) is 0 Å². The molecule has 1 aromatic heterocycles. The van der Waals surface area contributed by atoms with Gasteiger partial charge in [-0.25, -0.2) is 0 Å². The van der Waals surface area contributed by atoms with Crippen LogP contribution in [-0.4, -0.2) is 68.6 Å². The van der Waals surface area contributed by atoms with Gasteiger partial charge in [0.05, 0.1) is 24.6 Å². The number of nitrogens with two attached hydrogens (primary N) is 1. The number of rotatable bonds is 11. The predicted octanol–water partition coefficient (Wildman–Crippen LogP) is 3.61. The minimum atomic E-state index is -0.791. The molecule has 2 aliphatic carbocycles. The summed E-state index contributed by atoms with van der Waals surface area (Å²) in [6, 6.07) is 9.18. The topological polar surface area (TPSA) is 164 Å². The lowest BCUT2D eigenvalue weighted by molar-refractivity contribution is -0.00709. The number of aliphatic hydroxyl groups excluding tert-OH is 4. The number of ether oxygens (including phenoxy) is 1. The van der Waals surface area contributed by atoms with Gasteiger partial charge in [0.25, 0.3) is 0 Å². The number of aromatic nitrogens is 1. The van der Waals surface area contributed by atoms with Crippen LogP contribution in [0.25, 0.3) is 0 Å². The molecule has 0 radical (unpaired) electrons. The summed E-state index contributed by atoms with van der Waals surface area (Å²) in [5, 5.41) is 56.4. The first kappa shape index (κ1) is 33.7. The van der Waals surface area contributed by atoms with E-state index in [9.17, 15) is 25.5 Å². The second kappa shape index (κ2) is 16.2. The van der Waals surface area contributed by atoms with E-state index in [0.717, 1.165) is 36.1 Å². The Hall–Kier alpha value is -3.68. The fourth-order valence-corrected chi connectivity index (χ4v) is 7.07. The quantitative estimate of drug-likeness (QED) is 0.138. The zero-order chi connectivity index (χ0) is 32.5. The second-order valence-corrected chi connectivity index (χ2v) is 12.9. The third-order valence-corrected chi connectivity index (χ3v) is 9.61. The van der Waals surface area contributed by atoms with Gasteiger partial charge < -0.3 is 46.3 Å². The minimum Gasteiger partial charge on any atom is -0.504 e. The van der Waals surface area contributed by atoms with Crippen LogP contribution in [0.15, 0.2) is 72.2 Å². The molecule has 5 rings (SSSR count). The van der Waals surface area contributed by atoms with Crippen molar-refractivity contribution in [2.45, 2.75) is 75.6 Å². The molecule has 2 aromatic rings. The van der Waals surface area contributed by atoms with E-state index in [2.05, 4.69) is 28.2 Å². The van der Waals surface area contributed by atoms with Gasteiger partial charge in [0, 0.05) is 48.7 Å². The highest BCUT2D eigenvalue weighted by Crippen LogP contribution is 2.39. The van der Waals surface area contributed by atoms with E-state index in [1.807, 2.05) is 42.6 Å². The zero-order valence-electron chi connectivity index (χ0n) is 26.4. The first-order valence-corrected chi connectivity index (χ1v) is 16.6. The molecular weight excluding hydrogens is 582 g/mol. The van der Waals surface area contributed by atoms with E-state index in [1.54, 1.807) is 12.1 Å². The number of nitrogens with one attached hydrogen (secondary N) is 2. The molecule has 9 heteroatoms. The van der Waals surface area contributed by atoms with Crippen LogP contribution in [0.4, 0.5) is 0 Å². The average molecular weight is 632 g/mol. The lowest BCUT2D eigenvalue weighted by atomic mass is 9.79. The normalized spacial score (nSPS) is 27.8. The van der Waals surface area contributed by atoms with Crippen molar-refractivity contribution in [1.82, 2.24) is 10.3 Å². The maximum Gasteiger partial charge on any atom is 0.161 e. The SMILES string of the molecule is NC1=CC(C(Cc2ccc[nH]2)CC(CO)Oc2cc(C3C=CC4C#CC(CCO)CCCCC(O)C4C(O)C3)ccc2O)=CCN1. The number of aromatic amines is 1. The van der Waals surface area contributed by atoms with Crippen molar-refractivity contribution in [3.8, 4) is 23.3 Å². The summed E-state index contributed by atoms with van der Waals surface area (Å²) in [6.07, 6.45) is 13.4. The molecule has 1 aliphatic heterocycles. The van der Waals surface area contributed by atoms with Crippen LogP contribution in [0.1, 0.15) is 62.1 Å². The molecule has 2 heterocycles. The number of phenols is 1. The summed E-state index contributed by atoms with van der Waals surface area (Å²) in [5.41, 5.74) is 9.06. The summed E-state index contributed by atoms with van der Waals surface area (Å²) in [5.74, 6) is 6.68. The van der Waals surface area contributed by atoms with E-state index < -0.39 is 24.2 Å². The fraction of sp³-hybridized carbons (Fsp3) is 0.514. The number of aromatic hydroxyl groups is 1. The number of phenolic OH excluding ortho intramolecular Hbond substituents is 1. The highest BCUT2D eigenvalue weighted by Gasteiger charge is 2.36. The third kappa shape index (κ3) is 8.77. The summed E-state index contributed by atoms with van der Waals surface area (Å²) in [7, 11) is 0. The standard InChI is InChI=1S/C37H49N3O6/c38-36-22-28(13-16-40-36)29(18-30-5-3-15-39-30)19-31(23-42)46-35-21-27(11-12-32(35)43)26-10-9-25-8-7-24(14-17-41)4-1-2-6-33(44)37(25)34(45)20-26/h3,5,9-13,15,21-22,24-26,29,31,33-34,37,39-45H,1-2,4,6,14,16-20,23,38H2. The molecule has 8 unspecified atom stereocenters. The van der Waals surface area contributed by atoms with E-state index in [-0.39, 0.29) is 48.4 Å². The van der Waals surface area contributed by atoms with Crippen LogP contribution in [0.2, 0.25) is 0 Å². The van der Waals surface area contributed by atoms with E-state index in [1.165, 1.54) is 0 Å². The number of allylic oxidation sites excluding steroid dienone is 4. The molecule has 46 heavy (non-hydrogen) atoms. The molecule has 3 aliphatic rings. The molecule has 248 valence electrons. The van der Waals surface area contributed by atoms with Gasteiger partial charge in [-0.15, -0.1) is 0 Å². The maximum absolute atomic E-state index is 11.4. The number of benzene rings is 1. The highest BCUT2D eigenvalue weighted by atomic mass is 16.5. The van der Waals surface area contributed by atoms with Gasteiger partial charge in [-0.3, -0.25) is 0 Å². The van der Waals surface area contributed by atoms with Gasteiger partial charge in [0.15, 0.2) is 11.5 Å². The predicted molar refractivity (Wildman–Crippen MR) is 177 cm³/mol. The molecule has 8 atom stereocenters. The molecule has 0 saturated heterocycles. The monoisotopic (exact) mass is 631 g/mol. The maximum atomic E-state index is 11.4. The Morgan fingerprint density at radius 2 is 1.89 bits per heavy atom. The Bertz CT molecular complexity index is 1420. The first-order chi connectivity index (χ1) is 22.3. The molecule has 9 nitrogen and oxygen atoms in total. The largest absolute Gasteiger partial charge is 0.504 e. The van der Waals surface area contributed by atoms with E-state index in [0.29, 0.717) is 44.5 Å². The van der Waals surface area contributed by atoms with Crippen molar-refractivity contribution >= 4 is 0 Å². The van der Waals surface area contributed by atoms with Crippen LogP contribution in [0, 0.1) is 35.5 Å². The molecule has 0 bridgehead atoms. The van der Waals surface area contributed by atoms with Crippen molar-refractivity contribution in [1.29, 1.82) is 0 Å². The number of H-pyrrole nitrogens is 1. The van der Waals surface area contributed by atoms with Crippen molar-refractivity contribution < 1.29 is 30.3 Å². The molecule has 0 fully saturated rings. The molecule has 0 spiro atoms. The molecule has 1 aromatic carbocycles. The third-order valence-electron chi connectivity index (χ3n) is 9.61. The van der Waals surface area contributed by atoms with Gasteiger partial charge in [-0.1, -0.05) is 49.0 Å². The average Bonchev–Trinajstić information content (AvgIpc) is 3.50. The number of dihydropyridines is 1. The minimum absolute atomic E-state index is 0.0103. The van der Waals surface area contributed by atoms with Gasteiger partial charge in [0.2, 0.25) is 0 Å². The van der Waals surface area contributed by atoms with Crippen molar-refractivity contribution in [2.75, 3.05) is 19.8 Å². The number of fused-ring (bicyclic) bond motifs is 1. The van der Waals surface area contributed by atoms with Gasteiger partial charge >= 0.3 is 0 Å². The summed E-state index contributed by atoms with van der Waals surface area (Å²) < 4.78 is 6.28. The molecule has 0 amide bonds. The Morgan fingerprint density at radius 1 is 1.04 bits per heavy atom. The Labute approximate surface area is 271 Å². The smallest absolute Gasteiger partial charge is 0.161 e. The second-order valence-electron chi connectivity index (χ2n) is 12.9. The van der Waals surface area contributed by atoms with E-state index >= 15 is 0 Å². The summed E-state index contributed by atoms with van der Waals surface area (Å²) >= 11 is 0. The number of aliphatic hydroxyl groups is 4. The van der Waals surface area contributed by atoms with Crippen molar-refractivity contribution in [3.05, 3.63) is 83.5 Å². The zero-order valence-corrected chi connectivity index (χ0v) is 26.4. The van der Waals surface area contributed by atoms with Crippen LogP contribution in [0.5, 0.6) is 11.5 Å². The van der Waals surface area contributed by atoms with Crippen LogP contribution >= 0.6 is 0 Å². The Kier molecular flexibility index (Phi) is 11.9. The van der Waals surface area contributed by atoms with Gasteiger partial charge in [-0.05, 0) is 85.9 Å². The van der Waals surface area contributed by atoms with Crippen molar-refractivity contribution in [2.24, 2.45) is 29.4 Å². The van der Waals surface area contributed by atoms with Gasteiger partial charge in [-0.2, -0.15) is 0 Å². The number of hydrogen-bond donors (Lipinski definition) is 8. The van der Waals surface area contributed by atoms with E-state index in [4.69, 9.17) is 10.5 Å². The van der Waals surface area contributed by atoms with Crippen LogP contribution < -0.4 is 15.8 Å². The highest BCUT2D eigenvalue weighted by molar-refractivity contribution is 5.44. The Morgan fingerprint density at radius 3 is 2.65 bits per heavy atom. The summed E-state index contributed by atoms with van der Waals surface area (Å²) in [4.78, 5) is 3.26. The lowest BCUT2D eigenvalue weighted by Gasteiger charge is -2.31. The van der Waals surface area contributed by atoms with Crippen LogP contribution in [0.3, 0.4) is 0 Å². The van der Waals surface area contributed by atoms with Gasteiger partial charge in [0.1, 0.15) is 6.10 Å². The fourth-order valence-electron chi connectivity index (χ4n) is 7.07. The number of hydrogen-bond acceptors (Lipinski definition) is 8. The molecule has 0 saturated carbocycles. The summed E-state index contributed by atoms with van der Waals surface area (Å²) in [6.45, 7) is 0.475. The molecular formula is C37H49N3O6. The lowest BCUT2D eigenvalue weighted by Crippen LogP contribution is -2.36. The first-order valence-electron chi connectivity index (χ1n) is 16.6. The molecule has 9 N–H and O–H groups in total.